The normalized spacial score (nSPS) is 11.6. The van der Waals surface area contributed by atoms with Crippen LogP contribution in [0.1, 0.15) is 11.3 Å². The number of nitrogens with one attached hydrogen (secondary N) is 1. The van der Waals surface area contributed by atoms with Gasteiger partial charge in [-0.05, 0) is 42.8 Å². The highest BCUT2D eigenvalue weighted by molar-refractivity contribution is 7.89. The number of rotatable bonds is 7. The molecule has 0 fully saturated rings. The molecule has 0 saturated carbocycles. The lowest BCUT2D eigenvalue weighted by Gasteiger charge is -2.22. The molecular weight excluding hydrogens is 456 g/mol. The first kappa shape index (κ1) is 22.2. The number of halogens is 3. The van der Waals surface area contributed by atoms with Crippen LogP contribution in [0.25, 0.3) is 0 Å². The highest BCUT2D eigenvalue weighted by atomic mass is 35.5. The summed E-state index contributed by atoms with van der Waals surface area (Å²) in [6, 6.07) is 10.8. The summed E-state index contributed by atoms with van der Waals surface area (Å²) in [5, 5.41) is 6.24. The lowest BCUT2D eigenvalue weighted by Crippen LogP contribution is -2.37. The molecule has 1 N–H and O–H groups in total. The highest BCUT2D eigenvalue weighted by Crippen LogP contribution is 2.28. The molecular formula is C19H16Cl2FN3O4S. The van der Waals surface area contributed by atoms with Crippen molar-refractivity contribution in [3.63, 3.8) is 0 Å². The molecule has 2 aromatic carbocycles. The fourth-order valence-corrected chi connectivity index (χ4v) is 4.72. The first-order valence-corrected chi connectivity index (χ1v) is 10.8. The zero-order chi connectivity index (χ0) is 21.9. The second kappa shape index (κ2) is 9.13. The van der Waals surface area contributed by atoms with Crippen LogP contribution in [0.2, 0.25) is 10.0 Å². The van der Waals surface area contributed by atoms with E-state index in [0.29, 0.717) is 11.3 Å². The lowest BCUT2D eigenvalue weighted by molar-refractivity contribution is -0.116. The molecule has 0 bridgehead atoms. The fourth-order valence-electron chi connectivity index (χ4n) is 2.60. The standard InChI is InChI=1S/C19H16Cl2FN3O4S/c1-12-8-18(24-29-12)23-19(26)11-25(10-13-2-5-15(22)6-3-13)30(27,28)17-9-14(20)4-7-16(17)21/h2-9H,10-11H2,1H3,(H,23,24,26). The van der Waals surface area contributed by atoms with Crippen molar-refractivity contribution in [1.82, 2.24) is 9.46 Å². The Balaban J connectivity index is 1.92. The van der Waals surface area contributed by atoms with Gasteiger partial charge in [-0.3, -0.25) is 4.79 Å². The minimum absolute atomic E-state index is 0.0453. The molecule has 1 amide bonds. The average molecular weight is 472 g/mol. The van der Waals surface area contributed by atoms with Gasteiger partial charge in [-0.15, -0.1) is 0 Å². The third kappa shape index (κ3) is 5.37. The number of nitrogens with zero attached hydrogens (tertiary/aromatic N) is 2. The molecule has 0 unspecified atom stereocenters. The van der Waals surface area contributed by atoms with Crippen LogP contribution in [0, 0.1) is 12.7 Å². The van der Waals surface area contributed by atoms with Gasteiger partial charge in [0.05, 0.1) is 11.6 Å². The van der Waals surface area contributed by atoms with Gasteiger partial charge in [-0.25, -0.2) is 12.8 Å². The summed E-state index contributed by atoms with van der Waals surface area (Å²) < 4.78 is 45.6. The third-order valence-corrected chi connectivity index (χ3v) is 6.51. The summed E-state index contributed by atoms with van der Waals surface area (Å²) >= 11 is 12.0. The molecule has 11 heteroatoms. The lowest BCUT2D eigenvalue weighted by atomic mass is 10.2. The van der Waals surface area contributed by atoms with Gasteiger partial charge in [-0.1, -0.05) is 40.5 Å². The van der Waals surface area contributed by atoms with Crippen molar-refractivity contribution in [3.05, 3.63) is 75.7 Å². The molecule has 0 aliphatic carbocycles. The zero-order valence-corrected chi connectivity index (χ0v) is 17.9. The largest absolute Gasteiger partial charge is 0.360 e. The number of aromatic nitrogens is 1. The van der Waals surface area contributed by atoms with Crippen molar-refractivity contribution < 1.29 is 22.1 Å². The van der Waals surface area contributed by atoms with Crippen LogP contribution in [0.5, 0.6) is 0 Å². The molecule has 0 atom stereocenters. The van der Waals surface area contributed by atoms with Gasteiger partial charge in [0.2, 0.25) is 15.9 Å². The van der Waals surface area contributed by atoms with Gasteiger partial charge in [0, 0.05) is 17.6 Å². The van der Waals surface area contributed by atoms with E-state index in [1.807, 2.05) is 0 Å². The Hall–Kier alpha value is -2.46. The fraction of sp³-hybridized carbons (Fsp3) is 0.158. The Morgan fingerprint density at radius 1 is 1.17 bits per heavy atom. The quantitative estimate of drug-likeness (QED) is 0.555. The number of anilines is 1. The predicted octanol–water partition coefficient (Wildman–Crippen LogP) is 4.26. The maximum atomic E-state index is 13.3. The smallest absolute Gasteiger partial charge is 0.245 e. The maximum absolute atomic E-state index is 13.3. The minimum Gasteiger partial charge on any atom is -0.360 e. The SMILES string of the molecule is Cc1cc(NC(=O)CN(Cc2ccc(F)cc2)S(=O)(=O)c2cc(Cl)ccc2Cl)no1. The van der Waals surface area contributed by atoms with Gasteiger partial charge < -0.3 is 9.84 Å². The van der Waals surface area contributed by atoms with Crippen molar-refractivity contribution >= 4 is 45.0 Å². The van der Waals surface area contributed by atoms with E-state index >= 15 is 0 Å². The Labute approximate surface area is 182 Å². The van der Waals surface area contributed by atoms with Crippen LogP contribution < -0.4 is 5.32 Å². The van der Waals surface area contributed by atoms with Crippen LogP contribution in [-0.4, -0.2) is 30.3 Å². The molecule has 0 saturated heterocycles. The van der Waals surface area contributed by atoms with Crippen LogP contribution in [0.3, 0.4) is 0 Å². The molecule has 0 radical (unpaired) electrons. The van der Waals surface area contributed by atoms with E-state index in [0.717, 1.165) is 4.31 Å². The second-order valence-electron chi connectivity index (χ2n) is 6.35. The Morgan fingerprint density at radius 3 is 2.50 bits per heavy atom. The summed E-state index contributed by atoms with van der Waals surface area (Å²) in [6.45, 7) is 0.903. The van der Waals surface area contributed by atoms with Crippen molar-refractivity contribution in [2.24, 2.45) is 0 Å². The number of benzene rings is 2. The summed E-state index contributed by atoms with van der Waals surface area (Å²) in [5.41, 5.74) is 0.475. The molecule has 1 heterocycles. The molecule has 7 nitrogen and oxygen atoms in total. The van der Waals surface area contributed by atoms with Crippen LogP contribution in [0.4, 0.5) is 10.2 Å². The van der Waals surface area contributed by atoms with Crippen molar-refractivity contribution in [3.8, 4) is 0 Å². The minimum atomic E-state index is -4.23. The molecule has 0 spiro atoms. The number of amides is 1. The first-order valence-electron chi connectivity index (χ1n) is 8.58. The Morgan fingerprint density at radius 2 is 1.87 bits per heavy atom. The van der Waals surface area contributed by atoms with Crippen molar-refractivity contribution in [2.75, 3.05) is 11.9 Å². The molecule has 3 rings (SSSR count). The van der Waals surface area contributed by atoms with Gasteiger partial charge in [0.25, 0.3) is 0 Å². The van der Waals surface area contributed by atoms with Crippen molar-refractivity contribution in [1.29, 1.82) is 0 Å². The predicted molar refractivity (Wildman–Crippen MR) is 110 cm³/mol. The molecule has 1 aromatic heterocycles. The van der Waals surface area contributed by atoms with E-state index in [-0.39, 0.29) is 27.3 Å². The van der Waals surface area contributed by atoms with Crippen LogP contribution in [0.15, 0.2) is 57.9 Å². The second-order valence-corrected chi connectivity index (χ2v) is 9.10. The van der Waals surface area contributed by atoms with E-state index < -0.39 is 28.3 Å². The number of hydrogen-bond acceptors (Lipinski definition) is 5. The van der Waals surface area contributed by atoms with Gasteiger partial charge in [0.1, 0.15) is 16.5 Å². The number of carbonyl (C=O) groups is 1. The molecule has 158 valence electrons. The molecule has 3 aromatic rings. The van der Waals surface area contributed by atoms with E-state index in [1.165, 1.54) is 48.5 Å². The van der Waals surface area contributed by atoms with Crippen LogP contribution in [-0.2, 0) is 21.4 Å². The number of aryl methyl sites for hydroxylation is 1. The van der Waals surface area contributed by atoms with E-state index in [9.17, 15) is 17.6 Å². The maximum Gasteiger partial charge on any atom is 0.245 e. The number of hydrogen-bond donors (Lipinski definition) is 1. The Kier molecular flexibility index (Phi) is 6.77. The molecule has 30 heavy (non-hydrogen) atoms. The summed E-state index contributed by atoms with van der Waals surface area (Å²) in [5.74, 6) is -0.485. The zero-order valence-electron chi connectivity index (χ0n) is 15.6. The Bertz CT molecular complexity index is 1170. The van der Waals surface area contributed by atoms with Gasteiger partial charge in [-0.2, -0.15) is 4.31 Å². The number of sulfonamides is 1. The monoisotopic (exact) mass is 471 g/mol. The molecule has 0 aliphatic heterocycles. The van der Waals surface area contributed by atoms with Gasteiger partial charge >= 0.3 is 0 Å². The third-order valence-electron chi connectivity index (χ3n) is 4.00. The number of carbonyl (C=O) groups excluding carboxylic acids is 1. The summed E-state index contributed by atoms with van der Waals surface area (Å²) in [6.07, 6.45) is 0. The average Bonchev–Trinajstić information content (AvgIpc) is 3.09. The van der Waals surface area contributed by atoms with Crippen LogP contribution >= 0.6 is 23.2 Å². The van der Waals surface area contributed by atoms with Crippen molar-refractivity contribution in [2.45, 2.75) is 18.4 Å². The van der Waals surface area contributed by atoms with E-state index in [4.69, 9.17) is 27.7 Å². The highest BCUT2D eigenvalue weighted by Gasteiger charge is 2.29. The van der Waals surface area contributed by atoms with E-state index in [2.05, 4.69) is 10.5 Å². The van der Waals surface area contributed by atoms with E-state index in [1.54, 1.807) is 6.92 Å². The van der Waals surface area contributed by atoms with Gasteiger partial charge in [0.15, 0.2) is 5.82 Å². The topological polar surface area (TPSA) is 92.5 Å². The summed E-state index contributed by atoms with van der Waals surface area (Å²) in [7, 11) is -4.23. The molecule has 0 aliphatic rings. The first-order chi connectivity index (χ1) is 14.1. The summed E-state index contributed by atoms with van der Waals surface area (Å²) in [4.78, 5) is 12.2.